The monoisotopic (exact) mass is 280 g/mol. The minimum Gasteiger partial charge on any atom is -0.466 e. The number of ether oxygens (including phenoxy) is 1. The van der Waals surface area contributed by atoms with Gasteiger partial charge in [-0.15, -0.1) is 0 Å². The van der Waals surface area contributed by atoms with Crippen molar-refractivity contribution in [3.05, 3.63) is 34.1 Å². The van der Waals surface area contributed by atoms with E-state index in [1.165, 1.54) is 6.92 Å². The van der Waals surface area contributed by atoms with Gasteiger partial charge in [0.25, 0.3) is 0 Å². The molecule has 0 saturated carbocycles. The van der Waals surface area contributed by atoms with Gasteiger partial charge in [0.1, 0.15) is 12.2 Å². The van der Waals surface area contributed by atoms with E-state index < -0.39 is 46.2 Å². The molecule has 7 heteroatoms. The highest BCUT2D eigenvalue weighted by Gasteiger charge is 2.24. The maximum Gasteiger partial charge on any atom is 0.313 e. The second-order valence-corrected chi connectivity index (χ2v) is 3.63. The van der Waals surface area contributed by atoms with Gasteiger partial charge in [0, 0.05) is 6.07 Å². The molecule has 0 radical (unpaired) electrons. The smallest absolute Gasteiger partial charge is 0.313 e. The van der Waals surface area contributed by atoms with E-state index in [9.17, 15) is 22.8 Å². The molecule has 0 saturated heterocycles. The Hall–Kier alpha value is -1.56. The molecule has 0 aliphatic carbocycles. The van der Waals surface area contributed by atoms with Gasteiger partial charge in [-0.25, -0.2) is 13.2 Å². The zero-order chi connectivity index (χ0) is 13.9. The number of halogens is 4. The lowest BCUT2D eigenvalue weighted by atomic mass is 10.1. The molecule has 0 aromatic heterocycles. The van der Waals surface area contributed by atoms with Crippen LogP contribution in [0.25, 0.3) is 0 Å². The maximum absolute atomic E-state index is 13.3. The van der Waals surface area contributed by atoms with Crippen LogP contribution in [0.5, 0.6) is 0 Å². The summed E-state index contributed by atoms with van der Waals surface area (Å²) in [6.45, 7) is 1.56. The second-order valence-electron chi connectivity index (χ2n) is 3.25. The summed E-state index contributed by atoms with van der Waals surface area (Å²) < 4.78 is 43.6. The molecule has 0 heterocycles. The van der Waals surface area contributed by atoms with Crippen molar-refractivity contribution in [2.24, 2.45) is 0 Å². The summed E-state index contributed by atoms with van der Waals surface area (Å²) in [6.07, 6.45) is -0.796. The first-order valence-electron chi connectivity index (χ1n) is 4.90. The SMILES string of the molecule is CCOC(=O)CC(=O)c1c(F)cc(F)c(F)c1Cl. The van der Waals surface area contributed by atoms with Crippen molar-refractivity contribution < 1.29 is 27.5 Å². The van der Waals surface area contributed by atoms with Crippen molar-refractivity contribution in [1.82, 2.24) is 0 Å². The van der Waals surface area contributed by atoms with Crippen LogP contribution in [0.4, 0.5) is 13.2 Å². The normalized spacial score (nSPS) is 10.3. The summed E-state index contributed by atoms with van der Waals surface area (Å²) in [7, 11) is 0. The third-order valence-electron chi connectivity index (χ3n) is 2.00. The molecule has 1 rings (SSSR count). The van der Waals surface area contributed by atoms with Crippen molar-refractivity contribution in [1.29, 1.82) is 0 Å². The number of hydrogen-bond acceptors (Lipinski definition) is 3. The zero-order valence-electron chi connectivity index (χ0n) is 9.23. The van der Waals surface area contributed by atoms with E-state index in [1.54, 1.807) is 0 Å². The predicted molar refractivity (Wildman–Crippen MR) is 56.9 cm³/mol. The van der Waals surface area contributed by atoms with Crippen molar-refractivity contribution in [3.63, 3.8) is 0 Å². The van der Waals surface area contributed by atoms with Crippen LogP contribution in [0.3, 0.4) is 0 Å². The molecular weight excluding hydrogens is 273 g/mol. The topological polar surface area (TPSA) is 43.4 Å². The first-order chi connectivity index (χ1) is 8.38. The molecule has 0 unspecified atom stereocenters. The number of Topliss-reactive ketones (excluding diaryl/α,β-unsaturated/α-hetero) is 1. The van der Waals surface area contributed by atoms with Crippen LogP contribution in [-0.4, -0.2) is 18.4 Å². The van der Waals surface area contributed by atoms with Gasteiger partial charge in [0.2, 0.25) is 0 Å². The van der Waals surface area contributed by atoms with Gasteiger partial charge in [0.15, 0.2) is 17.4 Å². The lowest BCUT2D eigenvalue weighted by molar-refractivity contribution is -0.141. The van der Waals surface area contributed by atoms with E-state index in [1.807, 2.05) is 0 Å². The van der Waals surface area contributed by atoms with Crippen LogP contribution >= 0.6 is 11.6 Å². The number of benzene rings is 1. The molecule has 0 bridgehead atoms. The number of carbonyl (C=O) groups excluding carboxylic acids is 2. The molecule has 0 aliphatic rings. The van der Waals surface area contributed by atoms with Gasteiger partial charge < -0.3 is 4.74 Å². The number of rotatable bonds is 4. The Bertz CT molecular complexity index is 503. The summed E-state index contributed by atoms with van der Waals surface area (Å²) in [5.74, 6) is -6.35. The summed E-state index contributed by atoms with van der Waals surface area (Å²) >= 11 is 5.33. The fraction of sp³-hybridized carbons (Fsp3) is 0.273. The van der Waals surface area contributed by atoms with Crippen molar-refractivity contribution >= 4 is 23.4 Å². The van der Waals surface area contributed by atoms with E-state index in [4.69, 9.17) is 11.6 Å². The van der Waals surface area contributed by atoms with Crippen LogP contribution in [0.2, 0.25) is 5.02 Å². The zero-order valence-corrected chi connectivity index (χ0v) is 9.98. The summed E-state index contributed by atoms with van der Waals surface area (Å²) in [6, 6.07) is 0.194. The molecule has 0 spiro atoms. The lowest BCUT2D eigenvalue weighted by Gasteiger charge is -2.06. The quantitative estimate of drug-likeness (QED) is 0.280. The molecule has 0 amide bonds. The van der Waals surface area contributed by atoms with E-state index in [-0.39, 0.29) is 12.7 Å². The Morgan fingerprint density at radius 2 is 1.89 bits per heavy atom. The molecule has 1 aromatic rings. The van der Waals surface area contributed by atoms with Gasteiger partial charge in [-0.2, -0.15) is 0 Å². The second kappa shape index (κ2) is 5.86. The Kier molecular flexibility index (Phi) is 4.72. The van der Waals surface area contributed by atoms with Crippen molar-refractivity contribution in [2.45, 2.75) is 13.3 Å². The van der Waals surface area contributed by atoms with Crippen LogP contribution in [-0.2, 0) is 9.53 Å². The number of carbonyl (C=O) groups is 2. The lowest BCUT2D eigenvalue weighted by Crippen LogP contribution is -2.14. The molecule has 3 nitrogen and oxygen atoms in total. The van der Waals surface area contributed by atoms with E-state index in [0.717, 1.165) is 0 Å². The first kappa shape index (κ1) is 14.5. The van der Waals surface area contributed by atoms with Gasteiger partial charge >= 0.3 is 5.97 Å². The summed E-state index contributed by atoms with van der Waals surface area (Å²) in [4.78, 5) is 22.5. The van der Waals surface area contributed by atoms with E-state index in [2.05, 4.69) is 4.74 Å². The summed E-state index contributed by atoms with van der Waals surface area (Å²) in [5.41, 5.74) is -0.858. The number of hydrogen-bond donors (Lipinski definition) is 0. The molecule has 0 aliphatic heterocycles. The van der Waals surface area contributed by atoms with Crippen LogP contribution in [0, 0.1) is 17.5 Å². The van der Waals surface area contributed by atoms with Gasteiger partial charge in [0.05, 0.1) is 17.2 Å². The largest absolute Gasteiger partial charge is 0.466 e. The maximum atomic E-state index is 13.3. The molecule has 1 aromatic carbocycles. The van der Waals surface area contributed by atoms with Crippen LogP contribution < -0.4 is 0 Å². The van der Waals surface area contributed by atoms with Gasteiger partial charge in [-0.05, 0) is 6.92 Å². The average molecular weight is 281 g/mol. The molecule has 18 heavy (non-hydrogen) atoms. The molecule has 0 fully saturated rings. The highest BCUT2D eigenvalue weighted by atomic mass is 35.5. The van der Waals surface area contributed by atoms with Gasteiger partial charge in [-0.3, -0.25) is 9.59 Å². The summed E-state index contributed by atoms with van der Waals surface area (Å²) in [5, 5.41) is -0.984. The van der Waals surface area contributed by atoms with Crippen molar-refractivity contribution in [2.75, 3.05) is 6.61 Å². The van der Waals surface area contributed by atoms with E-state index in [0.29, 0.717) is 0 Å². The molecular formula is C11H8ClF3O3. The Balaban J connectivity index is 3.07. The Labute approximate surface area is 105 Å². The number of esters is 1. The van der Waals surface area contributed by atoms with Crippen LogP contribution in [0.1, 0.15) is 23.7 Å². The standard InChI is InChI=1S/C11H8ClF3O3/c1-2-18-8(17)4-7(16)9-5(13)3-6(14)11(15)10(9)12/h3H,2,4H2,1H3. The fourth-order valence-electron chi connectivity index (χ4n) is 1.25. The third-order valence-corrected chi connectivity index (χ3v) is 2.36. The fourth-order valence-corrected chi connectivity index (χ4v) is 1.54. The highest BCUT2D eigenvalue weighted by molar-refractivity contribution is 6.34. The average Bonchev–Trinajstić information content (AvgIpc) is 2.26. The first-order valence-corrected chi connectivity index (χ1v) is 5.28. The minimum absolute atomic E-state index is 0.0418. The molecule has 98 valence electrons. The minimum atomic E-state index is -1.54. The molecule has 0 atom stereocenters. The highest BCUT2D eigenvalue weighted by Crippen LogP contribution is 2.26. The van der Waals surface area contributed by atoms with Crippen molar-refractivity contribution in [3.8, 4) is 0 Å². The van der Waals surface area contributed by atoms with E-state index >= 15 is 0 Å². The predicted octanol–water partition coefficient (Wildman–Crippen LogP) is 2.89. The third kappa shape index (κ3) is 3.01. The Morgan fingerprint density at radius 1 is 1.28 bits per heavy atom. The number of ketones is 1. The van der Waals surface area contributed by atoms with Crippen LogP contribution in [0.15, 0.2) is 6.07 Å². The molecule has 0 N–H and O–H groups in total. The Morgan fingerprint density at radius 3 is 2.44 bits per heavy atom. The van der Waals surface area contributed by atoms with Gasteiger partial charge in [-0.1, -0.05) is 11.6 Å².